The van der Waals surface area contributed by atoms with Gasteiger partial charge in [-0.3, -0.25) is 0 Å². The summed E-state index contributed by atoms with van der Waals surface area (Å²) < 4.78 is 0. The SMILES string of the molecule is CC.CN1C=C=CC/C2=C(O1)/C(N)=C\C=C=CC2. The quantitative estimate of drug-likeness (QED) is 0.665. The maximum atomic E-state index is 5.96. The van der Waals surface area contributed by atoms with Gasteiger partial charge in [0.05, 0.1) is 11.9 Å². The smallest absolute Gasteiger partial charge is 0.178 e. The lowest BCUT2D eigenvalue weighted by Gasteiger charge is -2.21. The standard InChI is InChI=1S/C13H14N2O.C2H6/c1-15-10-6-5-8-11-7-3-2-4-9-12(14)13(11)16-15;1-2/h3-5,9-10H,7-8,14H2,1H3;1-2H3/b12-9+,13-11-;. The second-order valence-corrected chi connectivity index (χ2v) is 3.64. The van der Waals surface area contributed by atoms with E-state index in [-0.39, 0.29) is 0 Å². The van der Waals surface area contributed by atoms with Crippen molar-refractivity contribution in [3.05, 3.63) is 59.0 Å². The van der Waals surface area contributed by atoms with E-state index in [4.69, 9.17) is 10.6 Å². The molecule has 1 aliphatic heterocycles. The van der Waals surface area contributed by atoms with Crippen LogP contribution in [0.25, 0.3) is 0 Å². The van der Waals surface area contributed by atoms with Crippen LogP contribution in [0.1, 0.15) is 26.7 Å². The van der Waals surface area contributed by atoms with E-state index in [0.717, 1.165) is 24.2 Å². The van der Waals surface area contributed by atoms with Crippen LogP contribution in [0.4, 0.5) is 0 Å². The second kappa shape index (κ2) is 7.29. The Morgan fingerprint density at radius 3 is 2.61 bits per heavy atom. The van der Waals surface area contributed by atoms with Crippen LogP contribution >= 0.6 is 0 Å². The molecule has 0 atom stereocenters. The number of hydroxylamine groups is 2. The third kappa shape index (κ3) is 3.74. The summed E-state index contributed by atoms with van der Waals surface area (Å²) in [4.78, 5) is 5.66. The molecule has 0 aromatic carbocycles. The molecular weight excluding hydrogens is 224 g/mol. The molecule has 0 unspecified atom stereocenters. The van der Waals surface area contributed by atoms with Crippen molar-refractivity contribution in [2.45, 2.75) is 26.7 Å². The summed E-state index contributed by atoms with van der Waals surface area (Å²) in [7, 11) is 1.81. The highest BCUT2D eigenvalue weighted by molar-refractivity contribution is 5.34. The van der Waals surface area contributed by atoms with Gasteiger partial charge in [-0.15, -0.1) is 11.5 Å². The van der Waals surface area contributed by atoms with Gasteiger partial charge in [-0.1, -0.05) is 13.8 Å². The molecule has 0 bridgehead atoms. The van der Waals surface area contributed by atoms with E-state index in [2.05, 4.69) is 11.5 Å². The number of nitrogens with zero attached hydrogens (tertiary/aromatic N) is 1. The maximum absolute atomic E-state index is 5.96. The Hall–Kier alpha value is -2.08. The van der Waals surface area contributed by atoms with Crippen molar-refractivity contribution in [3.63, 3.8) is 0 Å². The van der Waals surface area contributed by atoms with E-state index >= 15 is 0 Å². The molecule has 2 N–H and O–H groups in total. The molecule has 2 aliphatic rings. The molecule has 3 nitrogen and oxygen atoms in total. The summed E-state index contributed by atoms with van der Waals surface area (Å²) >= 11 is 0. The van der Waals surface area contributed by atoms with Gasteiger partial charge in [-0.05, 0) is 42.7 Å². The first-order valence-corrected chi connectivity index (χ1v) is 6.18. The Morgan fingerprint density at radius 1 is 1.22 bits per heavy atom. The summed E-state index contributed by atoms with van der Waals surface area (Å²) in [6.45, 7) is 4.00. The van der Waals surface area contributed by atoms with E-state index in [1.807, 2.05) is 33.0 Å². The summed E-state index contributed by atoms with van der Waals surface area (Å²) in [5.74, 6) is 0.741. The molecule has 0 spiro atoms. The lowest BCUT2D eigenvalue weighted by Crippen LogP contribution is -2.17. The van der Waals surface area contributed by atoms with Crippen molar-refractivity contribution in [2.24, 2.45) is 5.73 Å². The van der Waals surface area contributed by atoms with Gasteiger partial charge in [0.1, 0.15) is 0 Å². The Balaban J connectivity index is 0.000000771. The molecule has 0 saturated heterocycles. The van der Waals surface area contributed by atoms with Crippen LogP contribution in [0, 0.1) is 0 Å². The highest BCUT2D eigenvalue weighted by Crippen LogP contribution is 2.23. The van der Waals surface area contributed by atoms with Crippen LogP contribution in [0.3, 0.4) is 0 Å². The van der Waals surface area contributed by atoms with Gasteiger partial charge in [-0.2, -0.15) is 0 Å². The van der Waals surface area contributed by atoms with Crippen LogP contribution < -0.4 is 5.73 Å². The minimum Gasteiger partial charge on any atom is -0.396 e. The Bertz CT molecular complexity index is 471. The third-order valence-corrected chi connectivity index (χ3v) is 2.37. The minimum atomic E-state index is 0.631. The third-order valence-electron chi connectivity index (χ3n) is 2.37. The van der Waals surface area contributed by atoms with Gasteiger partial charge in [0.15, 0.2) is 5.76 Å². The topological polar surface area (TPSA) is 38.5 Å². The summed E-state index contributed by atoms with van der Waals surface area (Å²) in [6, 6.07) is 0. The number of hydrogen-bond donors (Lipinski definition) is 1. The largest absolute Gasteiger partial charge is 0.396 e. The molecule has 0 fully saturated rings. The number of nitrogens with two attached hydrogens (primary N) is 1. The summed E-state index contributed by atoms with van der Waals surface area (Å²) in [6.07, 6.45) is 10.9. The molecule has 0 aromatic rings. The minimum absolute atomic E-state index is 0.631. The molecule has 0 saturated carbocycles. The van der Waals surface area contributed by atoms with Crippen LogP contribution in [0.15, 0.2) is 59.0 Å². The molecular formula is C15H20N2O. The van der Waals surface area contributed by atoms with Crippen LogP contribution in [0.5, 0.6) is 0 Å². The van der Waals surface area contributed by atoms with E-state index < -0.39 is 0 Å². The Morgan fingerprint density at radius 2 is 1.89 bits per heavy atom. The molecule has 1 heterocycles. The Kier molecular flexibility index (Phi) is 5.66. The fourth-order valence-electron chi connectivity index (χ4n) is 1.56. The van der Waals surface area contributed by atoms with E-state index in [0.29, 0.717) is 5.70 Å². The van der Waals surface area contributed by atoms with Gasteiger partial charge >= 0.3 is 0 Å². The Labute approximate surface area is 109 Å². The molecule has 18 heavy (non-hydrogen) atoms. The first-order chi connectivity index (χ1) is 8.77. The first kappa shape index (κ1) is 14.0. The van der Waals surface area contributed by atoms with E-state index in [1.165, 1.54) is 0 Å². The predicted molar refractivity (Wildman–Crippen MR) is 74.0 cm³/mol. The van der Waals surface area contributed by atoms with Crippen LogP contribution in [-0.2, 0) is 4.84 Å². The maximum Gasteiger partial charge on any atom is 0.178 e. The van der Waals surface area contributed by atoms with Crippen molar-refractivity contribution < 1.29 is 4.84 Å². The summed E-state index contributed by atoms with van der Waals surface area (Å²) in [5.41, 5.74) is 13.8. The predicted octanol–water partition coefficient (Wildman–Crippen LogP) is 3.16. The molecule has 0 aromatic heterocycles. The van der Waals surface area contributed by atoms with Gasteiger partial charge in [-0.25, -0.2) is 5.06 Å². The number of hydrogen-bond acceptors (Lipinski definition) is 3. The molecule has 96 valence electrons. The fourth-order valence-corrected chi connectivity index (χ4v) is 1.56. The molecule has 0 radical (unpaired) electrons. The lowest BCUT2D eigenvalue weighted by molar-refractivity contribution is -0.0499. The highest BCUT2D eigenvalue weighted by atomic mass is 16.7. The zero-order valence-corrected chi connectivity index (χ0v) is 11.2. The highest BCUT2D eigenvalue weighted by Gasteiger charge is 2.13. The van der Waals surface area contributed by atoms with Gasteiger partial charge in [0.25, 0.3) is 0 Å². The second-order valence-electron chi connectivity index (χ2n) is 3.64. The van der Waals surface area contributed by atoms with Crippen molar-refractivity contribution in [3.8, 4) is 0 Å². The molecule has 0 amide bonds. The first-order valence-electron chi connectivity index (χ1n) is 6.18. The monoisotopic (exact) mass is 244 g/mol. The number of rotatable bonds is 0. The van der Waals surface area contributed by atoms with E-state index in [9.17, 15) is 0 Å². The van der Waals surface area contributed by atoms with Crippen molar-refractivity contribution in [1.82, 2.24) is 5.06 Å². The van der Waals surface area contributed by atoms with Gasteiger partial charge in [0, 0.05) is 7.05 Å². The average molecular weight is 244 g/mol. The molecule has 1 aliphatic carbocycles. The molecule has 2 rings (SSSR count). The number of allylic oxidation sites excluding steroid dienone is 4. The van der Waals surface area contributed by atoms with Crippen LogP contribution in [-0.4, -0.2) is 12.1 Å². The van der Waals surface area contributed by atoms with Crippen molar-refractivity contribution in [2.75, 3.05) is 7.05 Å². The lowest BCUT2D eigenvalue weighted by atomic mass is 10.0. The average Bonchev–Trinajstić information content (AvgIpc) is 2.36. The van der Waals surface area contributed by atoms with Gasteiger partial charge in [0.2, 0.25) is 0 Å². The summed E-state index contributed by atoms with van der Waals surface area (Å²) in [5, 5.41) is 1.60. The normalized spacial score (nSPS) is 24.4. The zero-order chi connectivity index (χ0) is 13.4. The van der Waals surface area contributed by atoms with Crippen molar-refractivity contribution >= 4 is 0 Å². The zero-order valence-electron chi connectivity index (χ0n) is 11.2. The van der Waals surface area contributed by atoms with Gasteiger partial charge < -0.3 is 10.6 Å². The van der Waals surface area contributed by atoms with Crippen LogP contribution in [0.2, 0.25) is 0 Å². The van der Waals surface area contributed by atoms with Crippen molar-refractivity contribution in [1.29, 1.82) is 0 Å². The molecule has 3 heteroatoms. The van der Waals surface area contributed by atoms with E-state index in [1.54, 1.807) is 23.4 Å². The fraction of sp³-hybridized carbons (Fsp3) is 0.333.